The minimum atomic E-state index is -1.31. The Kier molecular flexibility index (Phi) is 21.5. The Hall–Kier alpha value is -8.30. The summed E-state index contributed by atoms with van der Waals surface area (Å²) in [5.74, 6) is -4.42. The second-order valence-corrected chi connectivity index (χ2v) is 27.3. The number of hydrogen-bond acceptors (Lipinski definition) is 12. The van der Waals surface area contributed by atoms with Crippen LogP contribution in [0.4, 0.5) is 9.59 Å². The Morgan fingerprint density at radius 1 is 0.551 bits per heavy atom. The maximum absolute atomic E-state index is 15.0. The molecule has 3 aromatic rings. The summed E-state index contributed by atoms with van der Waals surface area (Å²) in [6, 6.07) is 12.8. The number of carbonyl (C=O) groups excluding carboxylic acids is 10. The summed E-state index contributed by atoms with van der Waals surface area (Å²) in [6.45, 7) is 24.0. The van der Waals surface area contributed by atoms with Crippen molar-refractivity contribution in [3.8, 4) is 0 Å². The molecule has 22 nitrogen and oxygen atoms in total. The number of fused-ring (bicyclic) bond motifs is 2. The number of benzene rings is 3. The summed E-state index contributed by atoms with van der Waals surface area (Å²) in [5.41, 5.74) is 2.29. The fourth-order valence-electron chi connectivity index (χ4n) is 11.8. The molecule has 10 amide bonds. The normalized spacial score (nSPS) is 21.2. The van der Waals surface area contributed by atoms with Crippen LogP contribution < -0.4 is 31.9 Å². The molecule has 482 valence electrons. The number of aryl methyl sites for hydroxylation is 2. The van der Waals surface area contributed by atoms with Crippen LogP contribution in [0.5, 0.6) is 0 Å². The van der Waals surface area contributed by atoms with E-state index in [4.69, 9.17) is 9.47 Å². The van der Waals surface area contributed by atoms with Gasteiger partial charge in [0.05, 0.1) is 12.1 Å². The largest absolute Gasteiger partial charge is 0.444 e. The highest BCUT2D eigenvalue weighted by molar-refractivity contribution is 6.00. The fraction of sp³-hybridized carbons (Fsp3) is 0.552. The van der Waals surface area contributed by atoms with Gasteiger partial charge in [0.1, 0.15) is 47.5 Å². The van der Waals surface area contributed by atoms with Crippen LogP contribution in [-0.4, -0.2) is 166 Å². The van der Waals surface area contributed by atoms with Crippen molar-refractivity contribution in [3.63, 3.8) is 0 Å². The van der Waals surface area contributed by atoms with E-state index in [0.29, 0.717) is 12.8 Å². The molecule has 0 spiro atoms. The minimum absolute atomic E-state index is 0.0219. The first kappa shape index (κ1) is 68.2. The average molecular weight is 1230 g/mol. The van der Waals surface area contributed by atoms with Crippen molar-refractivity contribution in [1.82, 2.24) is 51.5 Å². The monoisotopic (exact) mass is 1230 g/mol. The quantitative estimate of drug-likeness (QED) is 0.0783. The highest BCUT2D eigenvalue weighted by atomic mass is 16.6. The highest BCUT2D eigenvalue weighted by Crippen LogP contribution is 2.34. The standard InChI is InChI=1S/C67H92N10O12/c1-38(2)53(72-55(78)39(3)74(14)63(86)88-66(8,9)10)61(84)76-36-45(34-51(76)59(82)70-49-28-20-24-41-22-16-18-26-47(41)49)68-57(80)43-30-32-44(33-31-43)58(81)69-46-35-52(60(83)71-50-29-21-25-42-23-17-19-27-48(42)50)77(37-46)62(85)54(65(5,6)7)73-56(79)40(4)75(15)64(87)89-67(11,12)13/h16-19,22-23,26-27,30-33,39-40,45-46,49-54H,1,20-21,24-25,28-29,34-37H2,2-15H3,(H,68,80)(H,69,81)(H,70,82)(H,71,83)(H,72,78)(H,73,79)/t39-,40-,45-,46-,49+,50?,51-,52-,53-,54+/m0/s1. The summed E-state index contributed by atoms with van der Waals surface area (Å²) in [4.78, 5) is 146. The van der Waals surface area contributed by atoms with E-state index in [9.17, 15) is 47.9 Å². The van der Waals surface area contributed by atoms with Crippen LogP contribution in [0, 0.1) is 5.41 Å². The Morgan fingerprint density at radius 3 is 1.31 bits per heavy atom. The van der Waals surface area contributed by atoms with Gasteiger partial charge in [-0.25, -0.2) is 9.59 Å². The SMILES string of the molecule is C=C(C)[C@H](NC(=O)[C@H](C)N(C)C(=O)OC(C)(C)C)C(=O)N1C[C@@H](NC(=O)c2ccc(C(=O)N[C@H]3C[C@@H](C(=O)NC4CCCc5ccccc54)N(C(=O)[C@@H](NC(=O)[C@H](C)N(C)C(=O)OC(C)(C)C)C(C)(C)C)C3)cc2)C[C@H]1C(=O)N[C@@H]1CCCc2ccccc21. The summed E-state index contributed by atoms with van der Waals surface area (Å²) < 4.78 is 10.9. The zero-order valence-electron chi connectivity index (χ0n) is 54.2. The van der Waals surface area contributed by atoms with Crippen LogP contribution in [0.3, 0.4) is 0 Å². The van der Waals surface area contributed by atoms with Crippen LogP contribution >= 0.6 is 0 Å². The van der Waals surface area contributed by atoms with Crippen LogP contribution in [0.1, 0.15) is 177 Å². The lowest BCUT2D eigenvalue weighted by Gasteiger charge is -2.37. The molecule has 4 aliphatic rings. The molecule has 0 radical (unpaired) electrons. The summed E-state index contributed by atoms with van der Waals surface area (Å²) >= 11 is 0. The predicted molar refractivity (Wildman–Crippen MR) is 335 cm³/mol. The number of rotatable bonds is 17. The molecule has 0 bridgehead atoms. The van der Waals surface area contributed by atoms with Crippen molar-refractivity contribution in [1.29, 1.82) is 0 Å². The average Bonchev–Trinajstić information content (AvgIpc) is 1.77. The molecule has 0 saturated carbocycles. The Balaban J connectivity index is 1.07. The number of amides is 10. The molecule has 3 aromatic carbocycles. The Morgan fingerprint density at radius 2 is 0.933 bits per heavy atom. The number of nitrogens with one attached hydrogen (secondary N) is 6. The molecule has 2 heterocycles. The zero-order valence-corrected chi connectivity index (χ0v) is 54.2. The van der Waals surface area contributed by atoms with Crippen molar-refractivity contribution < 1.29 is 57.4 Å². The lowest BCUT2D eigenvalue weighted by atomic mass is 9.85. The zero-order chi connectivity index (χ0) is 65.6. The summed E-state index contributed by atoms with van der Waals surface area (Å²) in [7, 11) is 2.84. The molecule has 2 fully saturated rings. The van der Waals surface area contributed by atoms with Crippen molar-refractivity contribution in [3.05, 3.63) is 118 Å². The van der Waals surface area contributed by atoms with Crippen molar-refractivity contribution >= 4 is 59.4 Å². The minimum Gasteiger partial charge on any atom is -0.444 e. The first-order valence-electron chi connectivity index (χ1n) is 30.9. The molecule has 10 atom stereocenters. The second kappa shape index (κ2) is 28.0. The summed E-state index contributed by atoms with van der Waals surface area (Å²) in [5, 5.41) is 18.0. The molecule has 2 aliphatic heterocycles. The third-order valence-corrected chi connectivity index (χ3v) is 16.9. The lowest BCUT2D eigenvalue weighted by Crippen LogP contribution is -2.60. The predicted octanol–water partition coefficient (Wildman–Crippen LogP) is 6.58. The molecule has 22 heteroatoms. The van der Waals surface area contributed by atoms with Gasteiger partial charge < -0.3 is 51.2 Å². The van der Waals surface area contributed by atoms with Gasteiger partial charge >= 0.3 is 12.2 Å². The van der Waals surface area contributed by atoms with E-state index in [-0.39, 0.29) is 54.7 Å². The van der Waals surface area contributed by atoms with Gasteiger partial charge in [-0.3, -0.25) is 48.2 Å². The topological polar surface area (TPSA) is 274 Å². The molecule has 0 aromatic heterocycles. The summed E-state index contributed by atoms with van der Waals surface area (Å²) in [6.07, 6.45) is 3.36. The molecule has 6 N–H and O–H groups in total. The van der Waals surface area contributed by atoms with Crippen molar-refractivity contribution in [2.24, 2.45) is 5.41 Å². The van der Waals surface area contributed by atoms with E-state index in [1.54, 1.807) is 69.2 Å². The van der Waals surface area contributed by atoms with Crippen LogP contribution in [-0.2, 0) is 51.1 Å². The van der Waals surface area contributed by atoms with Gasteiger partial charge in [0.2, 0.25) is 35.4 Å². The van der Waals surface area contributed by atoms with E-state index in [1.807, 2.05) is 48.5 Å². The smallest absolute Gasteiger partial charge is 0.410 e. The number of nitrogens with zero attached hydrogens (tertiary/aromatic N) is 4. The van der Waals surface area contributed by atoms with E-state index >= 15 is 0 Å². The van der Waals surface area contributed by atoms with E-state index < -0.39 is 124 Å². The highest BCUT2D eigenvalue weighted by Gasteiger charge is 2.48. The Labute approximate surface area is 523 Å². The van der Waals surface area contributed by atoms with Crippen LogP contribution in [0.2, 0.25) is 0 Å². The molecular formula is C67H92N10O12. The van der Waals surface area contributed by atoms with E-state index in [2.05, 4.69) is 38.5 Å². The first-order chi connectivity index (χ1) is 41.6. The molecule has 2 aliphatic carbocycles. The fourth-order valence-corrected chi connectivity index (χ4v) is 11.8. The Bertz CT molecular complexity index is 3180. The first-order valence-corrected chi connectivity index (χ1v) is 30.9. The van der Waals surface area contributed by atoms with Gasteiger partial charge in [0.25, 0.3) is 11.8 Å². The third kappa shape index (κ3) is 17.1. The van der Waals surface area contributed by atoms with Gasteiger partial charge in [0, 0.05) is 50.4 Å². The van der Waals surface area contributed by atoms with Crippen molar-refractivity contribution in [2.45, 2.75) is 206 Å². The van der Waals surface area contributed by atoms with Gasteiger partial charge in [-0.1, -0.05) is 75.9 Å². The molecular weight excluding hydrogens is 1140 g/mol. The van der Waals surface area contributed by atoms with E-state index in [0.717, 1.165) is 57.7 Å². The van der Waals surface area contributed by atoms with Gasteiger partial charge in [-0.05, 0) is 171 Å². The van der Waals surface area contributed by atoms with Crippen molar-refractivity contribution in [2.75, 3.05) is 27.2 Å². The number of hydrogen-bond donors (Lipinski definition) is 6. The molecule has 1 unspecified atom stereocenters. The lowest BCUT2D eigenvalue weighted by molar-refractivity contribution is -0.144. The van der Waals surface area contributed by atoms with Gasteiger partial charge in [-0.2, -0.15) is 0 Å². The molecule has 89 heavy (non-hydrogen) atoms. The molecule has 2 saturated heterocycles. The third-order valence-electron chi connectivity index (χ3n) is 16.9. The number of likely N-dealkylation sites (N-methyl/N-ethyl adjacent to an activating group) is 2. The number of likely N-dealkylation sites (tertiary alicyclic amines) is 2. The van der Waals surface area contributed by atoms with E-state index in [1.165, 1.54) is 62.0 Å². The number of carbonyl (C=O) groups is 10. The van der Waals surface area contributed by atoms with Gasteiger partial charge in [-0.15, -0.1) is 0 Å². The van der Waals surface area contributed by atoms with Gasteiger partial charge in [0.15, 0.2) is 0 Å². The maximum Gasteiger partial charge on any atom is 0.410 e. The maximum atomic E-state index is 15.0. The second-order valence-electron chi connectivity index (χ2n) is 27.3. The number of ether oxygens (including phenoxy) is 2. The van der Waals surface area contributed by atoms with Crippen LogP contribution in [0.15, 0.2) is 84.9 Å². The van der Waals surface area contributed by atoms with Crippen LogP contribution in [0.25, 0.3) is 0 Å². The molecule has 7 rings (SSSR count).